The number of anilines is 1. The zero-order valence-electron chi connectivity index (χ0n) is 19.3. The zero-order valence-corrected chi connectivity index (χ0v) is 19.3. The van der Waals surface area contributed by atoms with E-state index in [1.54, 1.807) is 13.0 Å². The van der Waals surface area contributed by atoms with Gasteiger partial charge in [0.25, 0.3) is 0 Å². The molecular weight excluding hydrogens is 460 g/mol. The van der Waals surface area contributed by atoms with Gasteiger partial charge in [-0.3, -0.25) is 0 Å². The zero-order chi connectivity index (χ0) is 24.9. The fourth-order valence-corrected chi connectivity index (χ4v) is 4.78. The van der Waals surface area contributed by atoms with Crippen molar-refractivity contribution in [3.05, 3.63) is 71.2 Å². The Hall–Kier alpha value is -3.46. The van der Waals surface area contributed by atoms with Gasteiger partial charge < -0.3 is 10.0 Å². The number of benzene rings is 2. The summed E-state index contributed by atoms with van der Waals surface area (Å²) in [4.78, 5) is 6.76. The van der Waals surface area contributed by atoms with Crippen LogP contribution in [-0.4, -0.2) is 38.9 Å². The number of hydrogen-bond donors (Lipinski definition) is 1. The minimum atomic E-state index is -4.83. The third-order valence-corrected chi connectivity index (χ3v) is 6.55. The van der Waals surface area contributed by atoms with E-state index in [-0.39, 0.29) is 23.9 Å². The summed E-state index contributed by atoms with van der Waals surface area (Å²) in [5.74, 6) is -0.891. The quantitative estimate of drug-likeness (QED) is 0.372. The van der Waals surface area contributed by atoms with Crippen molar-refractivity contribution in [2.24, 2.45) is 0 Å². The number of aryl methyl sites for hydroxylation is 2. The monoisotopic (exact) mass is 484 g/mol. The molecule has 5 nitrogen and oxygen atoms in total. The van der Waals surface area contributed by atoms with E-state index >= 15 is 4.39 Å². The summed E-state index contributed by atoms with van der Waals surface area (Å²) in [5, 5.41) is 14.4. The molecule has 9 heteroatoms. The first-order chi connectivity index (χ1) is 16.7. The smallest absolute Gasteiger partial charge is 0.394 e. The molecule has 1 aliphatic heterocycles. The number of aromatic nitrogens is 3. The number of nitrogens with zero attached hydrogens (tertiary/aromatic N) is 4. The van der Waals surface area contributed by atoms with Crippen LogP contribution in [0.5, 0.6) is 0 Å². The van der Waals surface area contributed by atoms with Gasteiger partial charge in [-0.05, 0) is 44.4 Å². The average molecular weight is 484 g/mol. The van der Waals surface area contributed by atoms with E-state index in [0.717, 1.165) is 35.6 Å². The highest BCUT2D eigenvalue weighted by Gasteiger charge is 2.36. The summed E-state index contributed by atoms with van der Waals surface area (Å²) in [6, 6.07) is 12.4. The topological polar surface area (TPSA) is 53.7 Å². The molecule has 0 unspecified atom stereocenters. The second-order valence-corrected chi connectivity index (χ2v) is 8.90. The van der Waals surface area contributed by atoms with Crippen LogP contribution in [0.3, 0.4) is 0 Å². The Labute approximate surface area is 199 Å². The average Bonchev–Trinajstić information content (AvgIpc) is 3.42. The van der Waals surface area contributed by atoms with E-state index in [9.17, 15) is 18.3 Å². The number of hydrogen-bond acceptors (Lipinski definition) is 4. The first-order valence-electron chi connectivity index (χ1n) is 11.4. The summed E-state index contributed by atoms with van der Waals surface area (Å²) in [6.45, 7) is 4.32. The molecule has 2 aromatic carbocycles. The number of alkyl halides is 3. The van der Waals surface area contributed by atoms with Crippen LogP contribution in [0.15, 0.2) is 48.5 Å². The summed E-state index contributed by atoms with van der Waals surface area (Å²) in [6.07, 6.45) is -3.23. The van der Waals surface area contributed by atoms with Crippen LogP contribution in [0, 0.1) is 19.7 Å². The molecule has 0 saturated carbocycles. The molecule has 4 aromatic rings. The SMILES string of the molecule is Cc1ccc(-c2c(C)nn3c(-c4cccc(C(F)(F)F)c4F)cc(N4CCC[C@H]4CO)nc23)cc1. The van der Waals surface area contributed by atoms with Gasteiger partial charge in [-0.25, -0.2) is 13.9 Å². The van der Waals surface area contributed by atoms with Gasteiger partial charge in [-0.1, -0.05) is 35.9 Å². The number of rotatable bonds is 4. The Morgan fingerprint density at radius 2 is 1.83 bits per heavy atom. The van der Waals surface area contributed by atoms with E-state index in [1.807, 2.05) is 36.1 Å². The molecule has 0 amide bonds. The highest BCUT2D eigenvalue weighted by Crippen LogP contribution is 2.38. The van der Waals surface area contributed by atoms with Crippen LogP contribution >= 0.6 is 0 Å². The molecule has 2 aromatic heterocycles. The maximum absolute atomic E-state index is 15.3. The van der Waals surface area contributed by atoms with Gasteiger partial charge in [0.2, 0.25) is 0 Å². The molecule has 0 spiro atoms. The minimum Gasteiger partial charge on any atom is -0.394 e. The molecule has 0 radical (unpaired) electrons. The molecule has 3 heterocycles. The van der Waals surface area contributed by atoms with Gasteiger partial charge in [0.1, 0.15) is 11.6 Å². The highest BCUT2D eigenvalue weighted by molar-refractivity contribution is 5.83. The molecule has 0 aliphatic carbocycles. The van der Waals surface area contributed by atoms with Gasteiger partial charge >= 0.3 is 6.18 Å². The number of fused-ring (bicyclic) bond motifs is 1. The van der Waals surface area contributed by atoms with Crippen LogP contribution in [0.1, 0.15) is 29.7 Å². The summed E-state index contributed by atoms with van der Waals surface area (Å²) in [7, 11) is 0. The van der Waals surface area contributed by atoms with E-state index in [1.165, 1.54) is 16.6 Å². The van der Waals surface area contributed by atoms with E-state index in [4.69, 9.17) is 4.98 Å². The summed E-state index contributed by atoms with van der Waals surface area (Å²) >= 11 is 0. The fourth-order valence-electron chi connectivity index (χ4n) is 4.78. The molecule has 1 N–H and O–H groups in total. The van der Waals surface area contributed by atoms with Crippen molar-refractivity contribution in [1.29, 1.82) is 0 Å². The largest absolute Gasteiger partial charge is 0.419 e. The molecule has 1 aliphatic rings. The fraction of sp³-hybridized carbons (Fsp3) is 0.308. The molecule has 0 bridgehead atoms. The van der Waals surface area contributed by atoms with Crippen molar-refractivity contribution >= 4 is 11.5 Å². The maximum atomic E-state index is 15.3. The Morgan fingerprint density at radius 3 is 2.51 bits per heavy atom. The Kier molecular flexibility index (Phi) is 5.75. The van der Waals surface area contributed by atoms with Crippen molar-refractivity contribution in [1.82, 2.24) is 14.6 Å². The van der Waals surface area contributed by atoms with Crippen LogP contribution in [0.25, 0.3) is 28.0 Å². The Morgan fingerprint density at radius 1 is 1.09 bits per heavy atom. The lowest BCUT2D eigenvalue weighted by atomic mass is 10.0. The maximum Gasteiger partial charge on any atom is 0.419 e. The number of aliphatic hydroxyl groups is 1. The van der Waals surface area contributed by atoms with E-state index in [0.29, 0.717) is 23.7 Å². The lowest BCUT2D eigenvalue weighted by molar-refractivity contribution is -0.139. The molecule has 35 heavy (non-hydrogen) atoms. The van der Waals surface area contributed by atoms with Crippen LogP contribution < -0.4 is 4.90 Å². The van der Waals surface area contributed by atoms with Crippen molar-refractivity contribution in [2.75, 3.05) is 18.1 Å². The van der Waals surface area contributed by atoms with E-state index < -0.39 is 17.6 Å². The predicted molar refractivity (Wildman–Crippen MR) is 126 cm³/mol. The molecule has 1 fully saturated rings. The molecule has 182 valence electrons. The number of aliphatic hydroxyl groups excluding tert-OH is 1. The van der Waals surface area contributed by atoms with Crippen LogP contribution in [-0.2, 0) is 6.18 Å². The first kappa shape index (κ1) is 23.3. The van der Waals surface area contributed by atoms with Crippen molar-refractivity contribution in [3.8, 4) is 22.4 Å². The van der Waals surface area contributed by atoms with Gasteiger partial charge in [0.05, 0.1) is 29.6 Å². The second-order valence-electron chi connectivity index (χ2n) is 8.90. The van der Waals surface area contributed by atoms with Crippen LogP contribution in [0.4, 0.5) is 23.4 Å². The van der Waals surface area contributed by atoms with Crippen LogP contribution in [0.2, 0.25) is 0 Å². The van der Waals surface area contributed by atoms with Crippen molar-refractivity contribution in [2.45, 2.75) is 38.9 Å². The third-order valence-electron chi connectivity index (χ3n) is 6.55. The van der Waals surface area contributed by atoms with Gasteiger partial charge in [-0.15, -0.1) is 0 Å². The van der Waals surface area contributed by atoms with Gasteiger partial charge in [-0.2, -0.15) is 18.3 Å². The van der Waals surface area contributed by atoms with Crippen molar-refractivity contribution in [3.63, 3.8) is 0 Å². The summed E-state index contributed by atoms with van der Waals surface area (Å²) < 4.78 is 57.2. The Bertz CT molecular complexity index is 1400. The molecule has 1 saturated heterocycles. The van der Waals surface area contributed by atoms with E-state index in [2.05, 4.69) is 5.10 Å². The standard InChI is InChI=1S/C26H24F4N4O/c1-15-8-10-17(11-9-15)23-16(2)32-34-21(19-6-3-7-20(24(19)27)26(28,29)30)13-22(31-25(23)34)33-12-4-5-18(33)14-35/h3,6-11,13,18,35H,4-5,12,14H2,1-2H3/t18-/m0/s1. The lowest BCUT2D eigenvalue weighted by Gasteiger charge is -2.25. The normalized spacial score (nSPS) is 16.4. The molecular formula is C26H24F4N4O. The Balaban J connectivity index is 1.81. The van der Waals surface area contributed by atoms with Crippen molar-refractivity contribution < 1.29 is 22.7 Å². The first-order valence-corrected chi connectivity index (χ1v) is 11.4. The minimum absolute atomic E-state index is 0.0801. The summed E-state index contributed by atoms with van der Waals surface area (Å²) in [5.41, 5.74) is 2.30. The molecule has 5 rings (SSSR count). The van der Waals surface area contributed by atoms with Gasteiger partial charge in [0, 0.05) is 23.7 Å². The lowest BCUT2D eigenvalue weighted by Crippen LogP contribution is -2.33. The predicted octanol–water partition coefficient (Wildman–Crippen LogP) is 5.80. The highest BCUT2D eigenvalue weighted by atomic mass is 19.4. The van der Waals surface area contributed by atoms with Gasteiger partial charge in [0.15, 0.2) is 5.65 Å². The molecule has 1 atom stereocenters. The second kappa shape index (κ2) is 8.64. The third kappa shape index (κ3) is 4.03. The number of halogens is 4.